The second kappa shape index (κ2) is 11.7. The molecule has 2 aromatic carbocycles. The Morgan fingerprint density at radius 2 is 1.83 bits per heavy atom. The van der Waals surface area contributed by atoms with Crippen molar-refractivity contribution in [3.05, 3.63) is 65.5 Å². The molecule has 2 rings (SSSR count). The van der Waals surface area contributed by atoms with Crippen molar-refractivity contribution in [1.29, 1.82) is 0 Å². The third-order valence-electron chi connectivity index (χ3n) is 4.01. The van der Waals surface area contributed by atoms with E-state index in [4.69, 9.17) is 4.74 Å². The predicted molar refractivity (Wildman–Crippen MR) is 114 cm³/mol. The highest BCUT2D eigenvalue weighted by atomic mass is 19.1. The van der Waals surface area contributed by atoms with E-state index in [1.54, 1.807) is 24.3 Å². The Labute approximate surface area is 171 Å². The lowest BCUT2D eigenvalue weighted by Crippen LogP contribution is -2.41. The maximum Gasteiger partial charge on any atom is 0.251 e. The number of para-hydroxylation sites is 1. The molecule has 7 heteroatoms. The van der Waals surface area contributed by atoms with Crippen LogP contribution in [0.3, 0.4) is 0 Å². The summed E-state index contributed by atoms with van der Waals surface area (Å²) in [5, 5.41) is 9.16. The quantitative estimate of drug-likeness (QED) is 0.447. The third kappa shape index (κ3) is 7.44. The minimum Gasteiger partial charge on any atom is -0.486 e. The lowest BCUT2D eigenvalue weighted by molar-refractivity contribution is 0.0955. The van der Waals surface area contributed by atoms with Gasteiger partial charge in [0.05, 0.1) is 13.1 Å². The van der Waals surface area contributed by atoms with Gasteiger partial charge in [0.25, 0.3) is 5.91 Å². The lowest BCUT2D eigenvalue weighted by atomic mass is 10.1. The number of aliphatic imine (C=N–C) groups is 1. The third-order valence-corrected chi connectivity index (χ3v) is 4.01. The normalized spacial score (nSPS) is 12.2. The molecule has 0 heterocycles. The molecule has 0 fully saturated rings. The maximum atomic E-state index is 13.7. The fourth-order valence-corrected chi connectivity index (χ4v) is 2.62. The molecule has 6 nitrogen and oxygen atoms in total. The number of nitrogens with one attached hydrogen (secondary N) is 3. The Kier molecular flexibility index (Phi) is 8.95. The molecule has 1 atom stereocenters. The van der Waals surface area contributed by atoms with Crippen LogP contribution in [0.4, 0.5) is 4.39 Å². The SMILES string of the molecule is CCNC(=O)c1cccc(CN=C(NCC)NCC(C)Oc2ccccc2F)c1. The average Bonchev–Trinajstić information content (AvgIpc) is 2.72. The first-order valence-corrected chi connectivity index (χ1v) is 9.84. The monoisotopic (exact) mass is 400 g/mol. The number of amides is 1. The van der Waals surface area contributed by atoms with Gasteiger partial charge in [-0.25, -0.2) is 9.38 Å². The highest BCUT2D eigenvalue weighted by Crippen LogP contribution is 2.16. The number of hydrogen-bond acceptors (Lipinski definition) is 3. The van der Waals surface area contributed by atoms with Gasteiger partial charge in [-0.05, 0) is 50.6 Å². The number of benzene rings is 2. The Bertz CT molecular complexity index is 826. The van der Waals surface area contributed by atoms with Gasteiger partial charge in [0.2, 0.25) is 0 Å². The minimum atomic E-state index is -0.382. The van der Waals surface area contributed by atoms with Crippen molar-refractivity contribution < 1.29 is 13.9 Å². The summed E-state index contributed by atoms with van der Waals surface area (Å²) in [5.41, 5.74) is 1.55. The first-order chi connectivity index (χ1) is 14.0. The Morgan fingerprint density at radius 3 is 2.55 bits per heavy atom. The molecule has 0 spiro atoms. The number of rotatable bonds is 9. The van der Waals surface area contributed by atoms with Crippen LogP contribution in [0, 0.1) is 5.82 Å². The van der Waals surface area contributed by atoms with Crippen molar-refractivity contribution in [2.75, 3.05) is 19.6 Å². The summed E-state index contributed by atoms with van der Waals surface area (Å²) in [6.07, 6.45) is -0.253. The van der Waals surface area contributed by atoms with Gasteiger partial charge in [-0.3, -0.25) is 4.79 Å². The van der Waals surface area contributed by atoms with Crippen LogP contribution in [0.15, 0.2) is 53.5 Å². The summed E-state index contributed by atoms with van der Waals surface area (Å²) in [4.78, 5) is 16.5. The van der Waals surface area contributed by atoms with Crippen LogP contribution in [0.2, 0.25) is 0 Å². The molecule has 156 valence electrons. The number of carbonyl (C=O) groups is 1. The van der Waals surface area contributed by atoms with Crippen molar-refractivity contribution >= 4 is 11.9 Å². The zero-order valence-corrected chi connectivity index (χ0v) is 17.2. The van der Waals surface area contributed by atoms with Crippen LogP contribution in [0.25, 0.3) is 0 Å². The molecule has 0 radical (unpaired) electrons. The standard InChI is InChI=1S/C22H29FN4O2/c1-4-24-21(28)18-10-8-9-17(13-18)15-27-22(25-5-2)26-14-16(3)29-20-12-7-6-11-19(20)23/h6-13,16H,4-5,14-15H2,1-3H3,(H,24,28)(H2,25,26,27). The van der Waals surface area contributed by atoms with Crippen LogP contribution in [0.5, 0.6) is 5.75 Å². The number of nitrogens with zero attached hydrogens (tertiary/aromatic N) is 1. The second-order valence-corrected chi connectivity index (χ2v) is 6.49. The van der Waals surface area contributed by atoms with Crippen LogP contribution in [0.1, 0.15) is 36.7 Å². The van der Waals surface area contributed by atoms with Crippen LogP contribution in [-0.2, 0) is 6.54 Å². The van der Waals surface area contributed by atoms with Gasteiger partial charge in [0.1, 0.15) is 6.10 Å². The van der Waals surface area contributed by atoms with Gasteiger partial charge in [0, 0.05) is 18.7 Å². The Balaban J connectivity index is 1.95. The summed E-state index contributed by atoms with van der Waals surface area (Å²) in [7, 11) is 0. The van der Waals surface area contributed by atoms with E-state index in [1.807, 2.05) is 39.0 Å². The summed E-state index contributed by atoms with van der Waals surface area (Å²) in [5.74, 6) is 0.375. The maximum absolute atomic E-state index is 13.7. The minimum absolute atomic E-state index is 0.0949. The van der Waals surface area contributed by atoms with Crippen LogP contribution >= 0.6 is 0 Å². The molecule has 0 aliphatic carbocycles. The molecule has 1 unspecified atom stereocenters. The molecular formula is C22H29FN4O2. The van der Waals surface area contributed by atoms with Gasteiger partial charge in [0.15, 0.2) is 17.5 Å². The number of halogens is 1. The van der Waals surface area contributed by atoms with E-state index in [1.165, 1.54) is 6.07 Å². The first-order valence-electron chi connectivity index (χ1n) is 9.84. The molecule has 0 saturated heterocycles. The van der Waals surface area contributed by atoms with E-state index in [0.717, 1.165) is 5.56 Å². The number of carbonyl (C=O) groups excluding carboxylic acids is 1. The predicted octanol–water partition coefficient (Wildman–Crippen LogP) is 3.10. The Morgan fingerprint density at radius 1 is 1.07 bits per heavy atom. The molecule has 1 amide bonds. The lowest BCUT2D eigenvalue weighted by Gasteiger charge is -2.18. The molecule has 0 aliphatic heterocycles. The second-order valence-electron chi connectivity index (χ2n) is 6.49. The van der Waals surface area contributed by atoms with E-state index in [2.05, 4.69) is 20.9 Å². The van der Waals surface area contributed by atoms with Gasteiger partial charge in [-0.2, -0.15) is 0 Å². The molecule has 3 N–H and O–H groups in total. The molecule has 29 heavy (non-hydrogen) atoms. The van der Waals surface area contributed by atoms with Crippen molar-refractivity contribution in [3.63, 3.8) is 0 Å². The van der Waals surface area contributed by atoms with Crippen LogP contribution in [-0.4, -0.2) is 37.6 Å². The van der Waals surface area contributed by atoms with Gasteiger partial charge >= 0.3 is 0 Å². The summed E-state index contributed by atoms with van der Waals surface area (Å²) in [6.45, 7) is 7.89. The first kappa shape index (κ1) is 22.2. The zero-order valence-electron chi connectivity index (χ0n) is 17.2. The fraction of sp³-hybridized carbons (Fsp3) is 0.364. The van der Waals surface area contributed by atoms with E-state index in [0.29, 0.717) is 37.7 Å². The summed E-state index contributed by atoms with van der Waals surface area (Å²) in [6, 6.07) is 13.7. The molecule has 0 saturated carbocycles. The molecule has 0 aromatic heterocycles. The fourth-order valence-electron chi connectivity index (χ4n) is 2.62. The average molecular weight is 400 g/mol. The summed E-state index contributed by atoms with van der Waals surface area (Å²) < 4.78 is 19.3. The van der Waals surface area contributed by atoms with Crippen molar-refractivity contribution in [2.24, 2.45) is 4.99 Å². The van der Waals surface area contributed by atoms with Crippen LogP contribution < -0.4 is 20.7 Å². The summed E-state index contributed by atoms with van der Waals surface area (Å²) >= 11 is 0. The Hall–Kier alpha value is -3.09. The molecule has 0 aliphatic rings. The highest BCUT2D eigenvalue weighted by molar-refractivity contribution is 5.94. The van der Waals surface area contributed by atoms with E-state index < -0.39 is 0 Å². The number of guanidine groups is 1. The van der Waals surface area contributed by atoms with E-state index in [-0.39, 0.29) is 23.6 Å². The van der Waals surface area contributed by atoms with E-state index in [9.17, 15) is 9.18 Å². The highest BCUT2D eigenvalue weighted by Gasteiger charge is 2.09. The smallest absolute Gasteiger partial charge is 0.251 e. The number of hydrogen-bond donors (Lipinski definition) is 3. The topological polar surface area (TPSA) is 74.8 Å². The number of ether oxygens (including phenoxy) is 1. The largest absolute Gasteiger partial charge is 0.486 e. The van der Waals surface area contributed by atoms with Crippen molar-refractivity contribution in [1.82, 2.24) is 16.0 Å². The zero-order chi connectivity index (χ0) is 21.1. The van der Waals surface area contributed by atoms with E-state index >= 15 is 0 Å². The van der Waals surface area contributed by atoms with Crippen molar-refractivity contribution in [2.45, 2.75) is 33.4 Å². The van der Waals surface area contributed by atoms with Gasteiger partial charge in [-0.15, -0.1) is 0 Å². The van der Waals surface area contributed by atoms with Crippen molar-refractivity contribution in [3.8, 4) is 5.75 Å². The molecule has 2 aromatic rings. The molecule has 0 bridgehead atoms. The van der Waals surface area contributed by atoms with Gasteiger partial charge in [-0.1, -0.05) is 24.3 Å². The van der Waals surface area contributed by atoms with Gasteiger partial charge < -0.3 is 20.7 Å². The molecular weight excluding hydrogens is 371 g/mol.